The quantitative estimate of drug-likeness (QED) is 0.463. The lowest BCUT2D eigenvalue weighted by Gasteiger charge is -2.49. The van der Waals surface area contributed by atoms with Gasteiger partial charge in [-0.2, -0.15) is 0 Å². The number of nitro benzene ring substituents is 1. The molecule has 1 N–H and O–H groups in total. The van der Waals surface area contributed by atoms with Gasteiger partial charge in [-0.3, -0.25) is 29.9 Å². The molecule has 3 heterocycles. The minimum atomic E-state index is -1.50. The molecule has 2 fully saturated rings. The maximum atomic E-state index is 13.8. The van der Waals surface area contributed by atoms with Gasteiger partial charge in [0.25, 0.3) is 5.69 Å². The van der Waals surface area contributed by atoms with Crippen molar-refractivity contribution in [2.45, 2.75) is 31.8 Å². The number of imide groups is 2. The van der Waals surface area contributed by atoms with Crippen molar-refractivity contribution in [2.75, 3.05) is 11.4 Å². The number of carbonyl (C=O) groups excluding carboxylic acids is 3. The SMILES string of the molecule is O=C1NC(=O)[C@]2(Cc3cc([N+](=O)[O-])ccc3N3CCC[C@@H]32)C(=O)N1Cc1ccccc1. The van der Waals surface area contributed by atoms with E-state index in [-0.39, 0.29) is 18.7 Å². The molecule has 0 bridgehead atoms. The first kappa shape index (κ1) is 19.2. The van der Waals surface area contributed by atoms with Crippen LogP contribution in [-0.4, -0.2) is 40.3 Å². The first-order valence-corrected chi connectivity index (χ1v) is 10.2. The number of anilines is 1. The van der Waals surface area contributed by atoms with E-state index in [1.165, 1.54) is 12.1 Å². The van der Waals surface area contributed by atoms with Crippen molar-refractivity contribution >= 4 is 29.2 Å². The van der Waals surface area contributed by atoms with Crippen LogP contribution in [0.1, 0.15) is 24.0 Å². The van der Waals surface area contributed by atoms with Crippen molar-refractivity contribution in [3.63, 3.8) is 0 Å². The lowest BCUT2D eigenvalue weighted by Crippen LogP contribution is -2.70. The van der Waals surface area contributed by atoms with Crippen LogP contribution in [0, 0.1) is 15.5 Å². The third-order valence-electron chi connectivity index (χ3n) is 6.56. The number of nitro groups is 1. The zero-order valence-corrected chi connectivity index (χ0v) is 16.6. The molecule has 9 heteroatoms. The summed E-state index contributed by atoms with van der Waals surface area (Å²) in [4.78, 5) is 53.5. The van der Waals surface area contributed by atoms with Crippen molar-refractivity contribution in [3.8, 4) is 0 Å². The Morgan fingerprint density at radius 1 is 1.13 bits per heavy atom. The summed E-state index contributed by atoms with van der Waals surface area (Å²) in [6.45, 7) is 0.694. The molecule has 0 radical (unpaired) electrons. The Labute approximate surface area is 177 Å². The van der Waals surface area contributed by atoms with E-state index in [1.807, 2.05) is 35.2 Å². The van der Waals surface area contributed by atoms with E-state index in [2.05, 4.69) is 5.32 Å². The zero-order valence-electron chi connectivity index (χ0n) is 16.6. The zero-order chi connectivity index (χ0) is 21.8. The van der Waals surface area contributed by atoms with Crippen LogP contribution < -0.4 is 10.2 Å². The maximum Gasteiger partial charge on any atom is 0.331 e. The Kier molecular flexibility index (Phi) is 4.28. The summed E-state index contributed by atoms with van der Waals surface area (Å²) in [6, 6.07) is 12.5. The van der Waals surface area contributed by atoms with Gasteiger partial charge in [0, 0.05) is 30.8 Å². The number of urea groups is 1. The summed E-state index contributed by atoms with van der Waals surface area (Å²) in [5.74, 6) is -1.17. The van der Waals surface area contributed by atoms with E-state index in [0.717, 1.165) is 22.6 Å². The smallest absolute Gasteiger partial charge is 0.331 e. The third-order valence-corrected chi connectivity index (χ3v) is 6.56. The molecule has 158 valence electrons. The summed E-state index contributed by atoms with van der Waals surface area (Å²) in [6.07, 6.45) is 1.44. The molecule has 2 saturated heterocycles. The molecule has 0 aliphatic carbocycles. The highest BCUT2D eigenvalue weighted by Gasteiger charge is 2.62. The van der Waals surface area contributed by atoms with Gasteiger partial charge in [0.2, 0.25) is 11.8 Å². The molecule has 0 unspecified atom stereocenters. The normalized spacial score (nSPS) is 24.8. The molecule has 31 heavy (non-hydrogen) atoms. The minimum absolute atomic E-state index is 0.0222. The number of hydrogen-bond acceptors (Lipinski definition) is 6. The lowest BCUT2D eigenvalue weighted by atomic mass is 9.68. The Bertz CT molecular complexity index is 1120. The number of amides is 4. The average molecular weight is 420 g/mol. The van der Waals surface area contributed by atoms with Crippen LogP contribution in [0.3, 0.4) is 0 Å². The predicted molar refractivity (Wildman–Crippen MR) is 110 cm³/mol. The summed E-state index contributed by atoms with van der Waals surface area (Å²) < 4.78 is 0. The van der Waals surface area contributed by atoms with Crippen molar-refractivity contribution in [1.82, 2.24) is 10.2 Å². The third kappa shape index (κ3) is 2.80. The van der Waals surface area contributed by atoms with Gasteiger partial charge < -0.3 is 4.90 Å². The number of non-ortho nitro benzene ring substituents is 1. The molecule has 0 saturated carbocycles. The van der Waals surface area contributed by atoms with E-state index >= 15 is 0 Å². The molecule has 9 nitrogen and oxygen atoms in total. The standard InChI is InChI=1S/C22H20N4O5/c27-19-22(20(28)25(21(29)23-19)13-14-5-2-1-3-6-14)12-15-11-16(26(30)31)8-9-17(15)24-10-4-7-18(22)24/h1-3,5-6,8-9,11,18H,4,7,10,12-13H2,(H,23,27,29)/t18-,22-/m1/s1. The number of nitrogens with one attached hydrogen (secondary N) is 1. The number of rotatable bonds is 3. The fraction of sp³-hybridized carbons (Fsp3) is 0.318. The Balaban J connectivity index is 1.60. The van der Waals surface area contributed by atoms with Crippen LogP contribution in [0.2, 0.25) is 0 Å². The predicted octanol–water partition coefficient (Wildman–Crippen LogP) is 2.38. The second kappa shape index (κ2) is 6.90. The average Bonchev–Trinajstić information content (AvgIpc) is 3.26. The van der Waals surface area contributed by atoms with Crippen molar-refractivity contribution < 1.29 is 19.3 Å². The van der Waals surface area contributed by atoms with Gasteiger partial charge in [-0.25, -0.2) is 4.79 Å². The summed E-state index contributed by atoms with van der Waals surface area (Å²) in [7, 11) is 0. The molecule has 2 atom stereocenters. The van der Waals surface area contributed by atoms with E-state index in [9.17, 15) is 24.5 Å². The molecule has 3 aliphatic heterocycles. The monoisotopic (exact) mass is 420 g/mol. The highest BCUT2D eigenvalue weighted by molar-refractivity contribution is 6.20. The molecule has 3 aliphatic rings. The van der Waals surface area contributed by atoms with Crippen LogP contribution in [0.15, 0.2) is 48.5 Å². The van der Waals surface area contributed by atoms with E-state index in [4.69, 9.17) is 0 Å². The first-order valence-electron chi connectivity index (χ1n) is 10.2. The fourth-order valence-electron chi connectivity index (χ4n) is 5.16. The molecular weight excluding hydrogens is 400 g/mol. The summed E-state index contributed by atoms with van der Waals surface area (Å²) >= 11 is 0. The molecule has 2 aromatic carbocycles. The van der Waals surface area contributed by atoms with Gasteiger partial charge in [0.15, 0.2) is 5.41 Å². The van der Waals surface area contributed by atoms with Gasteiger partial charge in [0.1, 0.15) is 0 Å². The van der Waals surface area contributed by atoms with Crippen LogP contribution in [-0.2, 0) is 22.6 Å². The topological polar surface area (TPSA) is 113 Å². The summed E-state index contributed by atoms with van der Waals surface area (Å²) in [5.41, 5.74) is 0.565. The molecule has 0 aromatic heterocycles. The maximum absolute atomic E-state index is 13.8. The van der Waals surface area contributed by atoms with Gasteiger partial charge in [0.05, 0.1) is 17.5 Å². The number of carbonyl (C=O) groups is 3. The van der Waals surface area contributed by atoms with Gasteiger partial charge in [-0.15, -0.1) is 0 Å². The highest BCUT2D eigenvalue weighted by Crippen LogP contribution is 2.49. The minimum Gasteiger partial charge on any atom is -0.367 e. The van der Waals surface area contributed by atoms with Gasteiger partial charge >= 0.3 is 6.03 Å². The number of nitrogens with zero attached hydrogens (tertiary/aromatic N) is 3. The molecule has 1 spiro atoms. The van der Waals surface area contributed by atoms with Crippen molar-refractivity contribution in [2.24, 2.45) is 5.41 Å². The van der Waals surface area contributed by atoms with Crippen LogP contribution >= 0.6 is 0 Å². The highest BCUT2D eigenvalue weighted by atomic mass is 16.6. The molecule has 5 rings (SSSR count). The van der Waals surface area contributed by atoms with E-state index < -0.39 is 34.2 Å². The molecule has 4 amide bonds. The fourth-order valence-corrected chi connectivity index (χ4v) is 5.16. The Morgan fingerprint density at radius 2 is 1.90 bits per heavy atom. The number of hydrogen-bond donors (Lipinski definition) is 1. The first-order chi connectivity index (χ1) is 14.9. The van der Waals surface area contributed by atoms with E-state index in [1.54, 1.807) is 6.07 Å². The van der Waals surface area contributed by atoms with Crippen molar-refractivity contribution in [1.29, 1.82) is 0 Å². The largest absolute Gasteiger partial charge is 0.367 e. The van der Waals surface area contributed by atoms with Crippen molar-refractivity contribution in [3.05, 3.63) is 69.8 Å². The van der Waals surface area contributed by atoms with Crippen LogP contribution in [0.4, 0.5) is 16.2 Å². The number of benzene rings is 2. The van der Waals surface area contributed by atoms with Gasteiger partial charge in [-0.05, 0) is 30.0 Å². The van der Waals surface area contributed by atoms with Crippen LogP contribution in [0.25, 0.3) is 0 Å². The second-order valence-corrected chi connectivity index (χ2v) is 8.21. The number of barbiturate groups is 1. The van der Waals surface area contributed by atoms with Gasteiger partial charge in [-0.1, -0.05) is 30.3 Å². The van der Waals surface area contributed by atoms with Crippen LogP contribution in [0.5, 0.6) is 0 Å². The summed E-state index contributed by atoms with van der Waals surface area (Å²) in [5, 5.41) is 13.7. The molecular formula is C22H20N4O5. The Morgan fingerprint density at radius 3 is 2.65 bits per heavy atom. The second-order valence-electron chi connectivity index (χ2n) is 8.21. The van der Waals surface area contributed by atoms with E-state index in [0.29, 0.717) is 18.5 Å². The number of fused-ring (bicyclic) bond motifs is 4. The molecule has 2 aromatic rings. The Hall–Kier alpha value is -3.75. The lowest BCUT2D eigenvalue weighted by molar-refractivity contribution is -0.384.